The molecular weight excluding hydrogens is 250 g/mol. The Bertz CT molecular complexity index is 746. The third-order valence-corrected chi connectivity index (χ3v) is 3.38. The van der Waals surface area contributed by atoms with Crippen LogP contribution in [0.4, 0.5) is 5.82 Å². The molecule has 2 N–H and O–H groups in total. The van der Waals surface area contributed by atoms with Crippen molar-refractivity contribution in [1.29, 1.82) is 0 Å². The summed E-state index contributed by atoms with van der Waals surface area (Å²) < 4.78 is 1.65. The summed E-state index contributed by atoms with van der Waals surface area (Å²) in [5, 5.41) is 8.31. The van der Waals surface area contributed by atoms with Gasteiger partial charge < -0.3 is 5.73 Å². The Morgan fingerprint density at radius 2 is 1.95 bits per heavy atom. The second-order valence-corrected chi connectivity index (χ2v) is 4.75. The first-order chi connectivity index (χ1) is 9.66. The number of pyridine rings is 1. The highest BCUT2D eigenvalue weighted by Gasteiger charge is 2.13. The number of hydrogen-bond donors (Lipinski definition) is 1. The largest absolute Gasteiger partial charge is 0.382 e. The SMILES string of the molecule is Cc1ccc(-n2nnc(-c3cccnc3)c2N)cc1C. The predicted octanol–water partition coefficient (Wildman–Crippen LogP) is 2.53. The van der Waals surface area contributed by atoms with E-state index < -0.39 is 0 Å². The average molecular weight is 265 g/mol. The van der Waals surface area contributed by atoms with Crippen molar-refractivity contribution in [3.05, 3.63) is 53.9 Å². The van der Waals surface area contributed by atoms with Gasteiger partial charge in [-0.15, -0.1) is 5.10 Å². The molecule has 0 saturated heterocycles. The predicted molar refractivity (Wildman–Crippen MR) is 78.5 cm³/mol. The van der Waals surface area contributed by atoms with Crippen LogP contribution in [0.1, 0.15) is 11.1 Å². The van der Waals surface area contributed by atoms with Gasteiger partial charge in [-0.05, 0) is 49.2 Å². The van der Waals surface area contributed by atoms with Crippen LogP contribution < -0.4 is 5.73 Å². The van der Waals surface area contributed by atoms with E-state index in [1.54, 1.807) is 17.1 Å². The molecule has 0 aliphatic carbocycles. The smallest absolute Gasteiger partial charge is 0.155 e. The minimum absolute atomic E-state index is 0.515. The summed E-state index contributed by atoms with van der Waals surface area (Å²) in [6.45, 7) is 4.14. The molecule has 0 saturated carbocycles. The summed E-state index contributed by atoms with van der Waals surface area (Å²) in [5.41, 5.74) is 11.0. The molecule has 0 radical (unpaired) electrons. The van der Waals surface area contributed by atoms with Gasteiger partial charge in [-0.2, -0.15) is 4.68 Å². The first kappa shape index (κ1) is 12.3. The molecule has 0 bridgehead atoms. The van der Waals surface area contributed by atoms with E-state index in [-0.39, 0.29) is 0 Å². The fraction of sp³-hybridized carbons (Fsp3) is 0.133. The normalized spacial score (nSPS) is 10.7. The van der Waals surface area contributed by atoms with Crippen molar-refractivity contribution < 1.29 is 0 Å². The Kier molecular flexibility index (Phi) is 2.95. The summed E-state index contributed by atoms with van der Waals surface area (Å²) in [7, 11) is 0. The van der Waals surface area contributed by atoms with Crippen LogP contribution >= 0.6 is 0 Å². The van der Waals surface area contributed by atoms with Crippen molar-refractivity contribution in [1.82, 2.24) is 20.0 Å². The molecule has 0 unspecified atom stereocenters. The Morgan fingerprint density at radius 3 is 2.65 bits per heavy atom. The lowest BCUT2D eigenvalue weighted by Crippen LogP contribution is -2.03. The van der Waals surface area contributed by atoms with Crippen molar-refractivity contribution >= 4 is 5.82 Å². The van der Waals surface area contributed by atoms with E-state index in [9.17, 15) is 0 Å². The minimum Gasteiger partial charge on any atom is -0.382 e. The number of benzene rings is 1. The van der Waals surface area contributed by atoms with Gasteiger partial charge in [0.05, 0.1) is 5.69 Å². The third-order valence-electron chi connectivity index (χ3n) is 3.38. The molecule has 5 heteroatoms. The monoisotopic (exact) mass is 265 g/mol. The highest BCUT2D eigenvalue weighted by molar-refractivity contribution is 5.70. The number of nitrogens with two attached hydrogens (primary N) is 1. The molecule has 3 aromatic rings. The first-order valence-corrected chi connectivity index (χ1v) is 6.36. The summed E-state index contributed by atoms with van der Waals surface area (Å²) >= 11 is 0. The van der Waals surface area contributed by atoms with Crippen LogP contribution in [0.3, 0.4) is 0 Å². The quantitative estimate of drug-likeness (QED) is 0.773. The fourth-order valence-corrected chi connectivity index (χ4v) is 2.05. The average Bonchev–Trinajstić information content (AvgIpc) is 2.85. The molecule has 2 aromatic heterocycles. The number of nitrogen functional groups attached to an aromatic ring is 1. The zero-order chi connectivity index (χ0) is 14.1. The summed E-state index contributed by atoms with van der Waals surface area (Å²) in [4.78, 5) is 4.08. The van der Waals surface area contributed by atoms with Gasteiger partial charge >= 0.3 is 0 Å². The van der Waals surface area contributed by atoms with Gasteiger partial charge in [-0.1, -0.05) is 11.3 Å². The third kappa shape index (κ3) is 2.03. The number of nitrogens with zero attached hydrogens (tertiary/aromatic N) is 4. The van der Waals surface area contributed by atoms with Crippen LogP contribution in [0.25, 0.3) is 16.9 Å². The maximum absolute atomic E-state index is 6.17. The van der Waals surface area contributed by atoms with Crippen molar-refractivity contribution in [3.8, 4) is 16.9 Å². The molecule has 0 spiro atoms. The standard InChI is InChI=1S/C15H15N5/c1-10-5-6-13(8-11(10)2)20-15(16)14(18-19-20)12-4-3-7-17-9-12/h3-9H,16H2,1-2H3. The van der Waals surface area contributed by atoms with Crippen LogP contribution in [-0.4, -0.2) is 20.0 Å². The number of aromatic nitrogens is 4. The van der Waals surface area contributed by atoms with E-state index in [0.717, 1.165) is 11.3 Å². The van der Waals surface area contributed by atoms with Gasteiger partial charge in [0.2, 0.25) is 0 Å². The molecular formula is C15H15N5. The van der Waals surface area contributed by atoms with Crippen LogP contribution in [-0.2, 0) is 0 Å². The summed E-state index contributed by atoms with van der Waals surface area (Å²) in [6.07, 6.45) is 3.44. The maximum atomic E-state index is 6.17. The fourth-order valence-electron chi connectivity index (χ4n) is 2.05. The molecule has 0 fully saturated rings. The zero-order valence-corrected chi connectivity index (χ0v) is 11.4. The van der Waals surface area contributed by atoms with Gasteiger partial charge in [-0.25, -0.2) is 0 Å². The minimum atomic E-state index is 0.515. The number of aryl methyl sites for hydroxylation is 2. The highest BCUT2D eigenvalue weighted by atomic mass is 15.5. The lowest BCUT2D eigenvalue weighted by molar-refractivity contribution is 0.809. The molecule has 0 atom stereocenters. The molecule has 0 amide bonds. The zero-order valence-electron chi connectivity index (χ0n) is 11.4. The highest BCUT2D eigenvalue weighted by Crippen LogP contribution is 2.25. The Labute approximate surface area is 117 Å². The Balaban J connectivity index is 2.08. The van der Waals surface area contributed by atoms with Crippen molar-refractivity contribution in [3.63, 3.8) is 0 Å². The van der Waals surface area contributed by atoms with Crippen LogP contribution in [0.5, 0.6) is 0 Å². The molecule has 0 aliphatic heterocycles. The molecule has 100 valence electrons. The lowest BCUT2D eigenvalue weighted by atomic mass is 10.1. The van der Waals surface area contributed by atoms with Gasteiger partial charge in [0.1, 0.15) is 5.69 Å². The number of rotatable bonds is 2. The van der Waals surface area contributed by atoms with Crippen molar-refractivity contribution in [2.24, 2.45) is 0 Å². The first-order valence-electron chi connectivity index (χ1n) is 6.36. The molecule has 20 heavy (non-hydrogen) atoms. The van der Waals surface area contributed by atoms with Gasteiger partial charge in [0.15, 0.2) is 5.82 Å². The Morgan fingerprint density at radius 1 is 1.10 bits per heavy atom. The van der Waals surface area contributed by atoms with Crippen molar-refractivity contribution in [2.45, 2.75) is 13.8 Å². The lowest BCUT2D eigenvalue weighted by Gasteiger charge is -2.06. The summed E-state index contributed by atoms with van der Waals surface area (Å²) in [6, 6.07) is 9.85. The van der Waals surface area contributed by atoms with E-state index >= 15 is 0 Å². The second-order valence-electron chi connectivity index (χ2n) is 4.75. The molecule has 3 rings (SSSR count). The Hall–Kier alpha value is -2.69. The number of hydrogen-bond acceptors (Lipinski definition) is 4. The van der Waals surface area contributed by atoms with E-state index in [2.05, 4.69) is 35.2 Å². The van der Waals surface area contributed by atoms with E-state index in [1.807, 2.05) is 24.3 Å². The molecule has 2 heterocycles. The molecule has 0 aliphatic rings. The van der Waals surface area contributed by atoms with Crippen LogP contribution in [0.2, 0.25) is 0 Å². The van der Waals surface area contributed by atoms with Gasteiger partial charge in [0.25, 0.3) is 0 Å². The van der Waals surface area contributed by atoms with Crippen molar-refractivity contribution in [2.75, 3.05) is 5.73 Å². The van der Waals surface area contributed by atoms with Gasteiger partial charge in [-0.3, -0.25) is 4.98 Å². The second kappa shape index (κ2) is 4.77. The number of anilines is 1. The van der Waals surface area contributed by atoms with E-state index in [0.29, 0.717) is 11.5 Å². The van der Waals surface area contributed by atoms with Crippen LogP contribution in [0, 0.1) is 13.8 Å². The summed E-state index contributed by atoms with van der Waals surface area (Å²) in [5.74, 6) is 0.515. The van der Waals surface area contributed by atoms with Crippen LogP contribution in [0.15, 0.2) is 42.7 Å². The van der Waals surface area contributed by atoms with E-state index in [1.165, 1.54) is 11.1 Å². The topological polar surface area (TPSA) is 69.6 Å². The molecule has 1 aromatic carbocycles. The van der Waals surface area contributed by atoms with E-state index in [4.69, 9.17) is 5.73 Å². The maximum Gasteiger partial charge on any atom is 0.155 e. The molecule has 5 nitrogen and oxygen atoms in total. The van der Waals surface area contributed by atoms with Gasteiger partial charge in [0, 0.05) is 18.0 Å².